The van der Waals surface area contributed by atoms with Crippen molar-refractivity contribution < 1.29 is 4.79 Å². The summed E-state index contributed by atoms with van der Waals surface area (Å²) in [5.74, 6) is 0.813. The van der Waals surface area contributed by atoms with Crippen LogP contribution < -0.4 is 11.1 Å². The minimum Gasteiger partial charge on any atom is -0.353 e. The standard InChI is InChI=1S/C16H25N3OS/c1-2-12(17)16(14-4-3-9-21-14)19-8-7-13-11(10-19)5-6-15(20)18-13/h3-4,9,11-13,16H,2,5-8,10,17H2,1H3,(H,18,20). The molecule has 21 heavy (non-hydrogen) atoms. The molecule has 4 nitrogen and oxygen atoms in total. The van der Waals surface area contributed by atoms with E-state index in [9.17, 15) is 4.79 Å². The molecule has 0 radical (unpaired) electrons. The van der Waals surface area contributed by atoms with Crippen LogP contribution in [-0.2, 0) is 4.79 Å². The smallest absolute Gasteiger partial charge is 0.220 e. The number of fused-ring (bicyclic) bond motifs is 1. The average molecular weight is 307 g/mol. The summed E-state index contributed by atoms with van der Waals surface area (Å²) in [5.41, 5.74) is 6.42. The molecule has 0 spiro atoms. The number of thiophene rings is 1. The summed E-state index contributed by atoms with van der Waals surface area (Å²) >= 11 is 1.81. The Balaban J connectivity index is 1.74. The second-order valence-electron chi connectivity index (χ2n) is 6.29. The molecule has 2 aliphatic rings. The molecule has 4 unspecified atom stereocenters. The Bertz CT molecular complexity index is 476. The predicted molar refractivity (Wildman–Crippen MR) is 86.2 cm³/mol. The van der Waals surface area contributed by atoms with Crippen molar-refractivity contribution in [2.24, 2.45) is 11.7 Å². The molecule has 0 saturated carbocycles. The third-order valence-corrected chi connectivity index (χ3v) is 5.90. The summed E-state index contributed by atoms with van der Waals surface area (Å²) in [7, 11) is 0. The fourth-order valence-electron chi connectivity index (χ4n) is 3.74. The van der Waals surface area contributed by atoms with Crippen LogP contribution >= 0.6 is 11.3 Å². The van der Waals surface area contributed by atoms with E-state index in [4.69, 9.17) is 5.73 Å². The summed E-state index contributed by atoms with van der Waals surface area (Å²) < 4.78 is 0. The van der Waals surface area contributed by atoms with Crippen molar-refractivity contribution in [2.45, 2.75) is 50.7 Å². The number of nitrogens with one attached hydrogen (secondary N) is 1. The Labute approximate surface area is 130 Å². The van der Waals surface area contributed by atoms with Gasteiger partial charge in [-0.05, 0) is 36.6 Å². The summed E-state index contributed by atoms with van der Waals surface area (Å²) in [6, 6.07) is 5.21. The van der Waals surface area contributed by atoms with Crippen LogP contribution in [0.5, 0.6) is 0 Å². The van der Waals surface area contributed by atoms with Gasteiger partial charge in [-0.2, -0.15) is 0 Å². The van der Waals surface area contributed by atoms with Crippen LogP contribution in [0.2, 0.25) is 0 Å². The number of carbonyl (C=O) groups excluding carboxylic acids is 1. The Kier molecular flexibility index (Phi) is 4.62. The van der Waals surface area contributed by atoms with Crippen molar-refractivity contribution in [2.75, 3.05) is 13.1 Å². The normalized spacial score (nSPS) is 29.5. The quantitative estimate of drug-likeness (QED) is 0.896. The largest absolute Gasteiger partial charge is 0.353 e. The van der Waals surface area contributed by atoms with Gasteiger partial charge in [0.05, 0.1) is 6.04 Å². The number of carbonyl (C=O) groups is 1. The molecule has 1 aromatic heterocycles. The van der Waals surface area contributed by atoms with Crippen LogP contribution in [-0.4, -0.2) is 36.0 Å². The first-order chi connectivity index (χ1) is 10.2. The Hall–Kier alpha value is -0.910. The lowest BCUT2D eigenvalue weighted by Crippen LogP contribution is -2.56. The van der Waals surface area contributed by atoms with E-state index < -0.39 is 0 Å². The third-order valence-electron chi connectivity index (χ3n) is 4.96. The monoisotopic (exact) mass is 307 g/mol. The molecule has 2 aliphatic heterocycles. The zero-order valence-electron chi connectivity index (χ0n) is 12.6. The van der Waals surface area contributed by atoms with Crippen LogP contribution in [0, 0.1) is 5.92 Å². The van der Waals surface area contributed by atoms with Crippen molar-refractivity contribution in [1.29, 1.82) is 0 Å². The summed E-state index contributed by atoms with van der Waals surface area (Å²) in [6.07, 6.45) is 3.74. The molecular formula is C16H25N3OS. The van der Waals surface area contributed by atoms with Crippen molar-refractivity contribution in [3.05, 3.63) is 22.4 Å². The first-order valence-corrected chi connectivity index (χ1v) is 8.89. The molecule has 3 rings (SSSR count). The lowest BCUT2D eigenvalue weighted by Gasteiger charge is -2.45. The highest BCUT2D eigenvalue weighted by Gasteiger charge is 2.37. The first kappa shape index (κ1) is 15.0. The van der Waals surface area contributed by atoms with E-state index in [1.54, 1.807) is 11.3 Å². The highest BCUT2D eigenvalue weighted by Crippen LogP contribution is 2.34. The van der Waals surface area contributed by atoms with Gasteiger partial charge in [0.15, 0.2) is 0 Å². The average Bonchev–Trinajstić information content (AvgIpc) is 3.01. The fraction of sp³-hybridized carbons (Fsp3) is 0.688. The minimum atomic E-state index is 0.179. The second kappa shape index (κ2) is 6.46. The zero-order chi connectivity index (χ0) is 14.8. The van der Waals surface area contributed by atoms with Gasteiger partial charge in [-0.1, -0.05) is 13.0 Å². The van der Waals surface area contributed by atoms with Crippen LogP contribution in [0.3, 0.4) is 0 Å². The van der Waals surface area contributed by atoms with E-state index in [0.29, 0.717) is 24.4 Å². The van der Waals surface area contributed by atoms with Crippen LogP contribution in [0.15, 0.2) is 17.5 Å². The predicted octanol–water partition coefficient (Wildman–Crippen LogP) is 2.13. The highest BCUT2D eigenvalue weighted by molar-refractivity contribution is 7.10. The van der Waals surface area contributed by atoms with Crippen LogP contribution in [0.1, 0.15) is 43.5 Å². The number of likely N-dealkylation sites (tertiary alicyclic amines) is 1. The van der Waals surface area contributed by atoms with Crippen molar-refractivity contribution in [1.82, 2.24) is 10.2 Å². The lowest BCUT2D eigenvalue weighted by molar-refractivity contribution is -0.125. The topological polar surface area (TPSA) is 58.4 Å². The van der Waals surface area contributed by atoms with Gasteiger partial charge in [-0.15, -0.1) is 11.3 Å². The lowest BCUT2D eigenvalue weighted by atomic mass is 9.84. The SMILES string of the molecule is CCC(N)C(c1cccs1)N1CCC2NC(=O)CCC2C1. The Morgan fingerprint density at radius 2 is 2.38 bits per heavy atom. The molecule has 0 bridgehead atoms. The van der Waals surface area contributed by atoms with E-state index in [-0.39, 0.29) is 11.9 Å². The molecule has 3 N–H and O–H groups in total. The maximum atomic E-state index is 11.5. The molecule has 2 fully saturated rings. The van der Waals surface area contributed by atoms with E-state index >= 15 is 0 Å². The van der Waals surface area contributed by atoms with Gasteiger partial charge >= 0.3 is 0 Å². The highest BCUT2D eigenvalue weighted by atomic mass is 32.1. The summed E-state index contributed by atoms with van der Waals surface area (Å²) in [6.45, 7) is 4.25. The molecule has 0 aliphatic carbocycles. The van der Waals surface area contributed by atoms with Crippen molar-refractivity contribution >= 4 is 17.2 Å². The Morgan fingerprint density at radius 1 is 1.52 bits per heavy atom. The fourth-order valence-corrected chi connectivity index (χ4v) is 4.67. The summed E-state index contributed by atoms with van der Waals surface area (Å²) in [4.78, 5) is 15.5. The number of hydrogen-bond donors (Lipinski definition) is 2. The minimum absolute atomic E-state index is 0.179. The number of nitrogens with zero attached hydrogens (tertiary/aromatic N) is 1. The number of amides is 1. The first-order valence-electron chi connectivity index (χ1n) is 8.01. The van der Waals surface area contributed by atoms with E-state index in [1.807, 2.05) is 0 Å². The zero-order valence-corrected chi connectivity index (χ0v) is 13.4. The summed E-state index contributed by atoms with van der Waals surface area (Å²) in [5, 5.41) is 5.30. The molecular weight excluding hydrogens is 282 g/mol. The van der Waals surface area contributed by atoms with E-state index in [2.05, 4.69) is 34.7 Å². The maximum absolute atomic E-state index is 11.5. The third kappa shape index (κ3) is 3.15. The van der Waals surface area contributed by atoms with Crippen molar-refractivity contribution in [3.8, 4) is 0 Å². The molecule has 2 saturated heterocycles. The van der Waals surface area contributed by atoms with Crippen molar-refractivity contribution in [3.63, 3.8) is 0 Å². The molecule has 3 heterocycles. The van der Waals surface area contributed by atoms with Gasteiger partial charge in [0.2, 0.25) is 5.91 Å². The maximum Gasteiger partial charge on any atom is 0.220 e. The molecule has 1 amide bonds. The van der Waals surface area contributed by atoms with Gasteiger partial charge in [-0.25, -0.2) is 0 Å². The molecule has 0 aromatic carbocycles. The van der Waals surface area contributed by atoms with Gasteiger partial charge in [0, 0.05) is 36.5 Å². The molecule has 116 valence electrons. The Morgan fingerprint density at radius 3 is 3.10 bits per heavy atom. The molecule has 1 aromatic rings. The molecule has 4 atom stereocenters. The van der Waals surface area contributed by atoms with Gasteiger partial charge in [-0.3, -0.25) is 9.69 Å². The molecule has 5 heteroatoms. The van der Waals surface area contributed by atoms with E-state index in [0.717, 1.165) is 32.4 Å². The van der Waals surface area contributed by atoms with Crippen LogP contribution in [0.4, 0.5) is 0 Å². The number of piperidine rings is 2. The van der Waals surface area contributed by atoms with Crippen LogP contribution in [0.25, 0.3) is 0 Å². The van der Waals surface area contributed by atoms with Gasteiger partial charge in [0.1, 0.15) is 0 Å². The number of hydrogen-bond acceptors (Lipinski definition) is 4. The van der Waals surface area contributed by atoms with Gasteiger partial charge < -0.3 is 11.1 Å². The number of rotatable bonds is 4. The second-order valence-corrected chi connectivity index (χ2v) is 7.27. The number of nitrogens with two attached hydrogens (primary N) is 1. The van der Waals surface area contributed by atoms with E-state index in [1.165, 1.54) is 4.88 Å². The van der Waals surface area contributed by atoms with Gasteiger partial charge in [0.25, 0.3) is 0 Å².